The summed E-state index contributed by atoms with van der Waals surface area (Å²) < 4.78 is 13.6. The number of hydrogen-bond acceptors (Lipinski definition) is 5. The number of para-hydroxylation sites is 1. The zero-order chi connectivity index (χ0) is 20.6. The Hall–Kier alpha value is -1.88. The molecule has 2 aromatic rings. The Labute approximate surface area is 196 Å². The normalized spacial score (nSPS) is 16.3. The number of rotatable bonds is 8. The van der Waals surface area contributed by atoms with Crippen molar-refractivity contribution in [2.24, 2.45) is 12.0 Å². The van der Waals surface area contributed by atoms with Gasteiger partial charge in [0.25, 0.3) is 0 Å². The minimum Gasteiger partial charge on any atom is -0.491 e. The molecular weight excluding hydrogens is 495 g/mol. The summed E-state index contributed by atoms with van der Waals surface area (Å²) in [5, 5.41) is 11.8. The molecule has 1 saturated heterocycles. The molecule has 30 heavy (non-hydrogen) atoms. The lowest BCUT2D eigenvalue weighted by Gasteiger charge is -2.24. The van der Waals surface area contributed by atoms with E-state index in [4.69, 9.17) is 14.5 Å². The quantitative estimate of drug-likeness (QED) is 0.323. The van der Waals surface area contributed by atoms with Crippen LogP contribution in [0.5, 0.6) is 5.75 Å². The van der Waals surface area contributed by atoms with Crippen molar-refractivity contribution in [2.45, 2.75) is 39.3 Å². The highest BCUT2D eigenvalue weighted by molar-refractivity contribution is 14.0. The number of aryl methyl sites for hydroxylation is 2. The average Bonchev–Trinajstić information content (AvgIpc) is 3.34. The number of benzene rings is 1. The van der Waals surface area contributed by atoms with E-state index in [1.165, 1.54) is 0 Å². The molecule has 1 N–H and O–H groups in total. The number of aromatic nitrogens is 3. The maximum Gasteiger partial charge on any atom is 0.194 e. The molecule has 0 bridgehead atoms. The molecule has 0 amide bonds. The van der Waals surface area contributed by atoms with Crippen molar-refractivity contribution in [3.8, 4) is 5.75 Å². The number of guanidine groups is 1. The molecule has 8 nitrogen and oxygen atoms in total. The third-order valence-electron chi connectivity index (χ3n) is 5.20. The predicted molar refractivity (Wildman–Crippen MR) is 129 cm³/mol. The summed E-state index contributed by atoms with van der Waals surface area (Å²) >= 11 is 0. The lowest BCUT2D eigenvalue weighted by atomic mass is 10.2. The van der Waals surface area contributed by atoms with Crippen molar-refractivity contribution in [1.29, 1.82) is 0 Å². The van der Waals surface area contributed by atoms with Crippen molar-refractivity contribution in [3.63, 3.8) is 0 Å². The van der Waals surface area contributed by atoms with E-state index in [0.717, 1.165) is 54.9 Å². The molecule has 2 heterocycles. The molecule has 1 aliphatic rings. The van der Waals surface area contributed by atoms with Crippen molar-refractivity contribution >= 4 is 29.9 Å². The Morgan fingerprint density at radius 3 is 2.80 bits per heavy atom. The Morgan fingerprint density at radius 2 is 2.13 bits per heavy atom. The second-order valence-electron chi connectivity index (χ2n) is 7.41. The van der Waals surface area contributed by atoms with Crippen LogP contribution in [0, 0.1) is 13.8 Å². The molecule has 1 fully saturated rings. The summed E-state index contributed by atoms with van der Waals surface area (Å²) in [6.45, 7) is 7.34. The molecule has 1 aromatic carbocycles. The fraction of sp³-hybridized carbons (Fsp3) is 0.571. The summed E-state index contributed by atoms with van der Waals surface area (Å²) in [6, 6.07) is 8.06. The molecule has 0 spiro atoms. The third-order valence-corrected chi connectivity index (χ3v) is 5.20. The van der Waals surface area contributed by atoms with Gasteiger partial charge in [-0.15, -0.1) is 34.2 Å². The zero-order valence-corrected chi connectivity index (χ0v) is 20.6. The SMILES string of the molecule is Cc1ccccc1OCCN(C)C(=NCc1nnc(C)n1C)NCC1CCCO1.I. The van der Waals surface area contributed by atoms with E-state index in [1.54, 1.807) is 0 Å². The van der Waals surface area contributed by atoms with E-state index in [2.05, 4.69) is 33.4 Å². The molecule has 1 unspecified atom stereocenters. The first-order valence-electron chi connectivity index (χ1n) is 10.2. The molecule has 1 aromatic heterocycles. The maximum absolute atomic E-state index is 5.95. The summed E-state index contributed by atoms with van der Waals surface area (Å²) in [5.41, 5.74) is 1.14. The third kappa shape index (κ3) is 6.83. The van der Waals surface area contributed by atoms with Crippen LogP contribution < -0.4 is 10.1 Å². The van der Waals surface area contributed by atoms with Crippen LogP contribution in [0.3, 0.4) is 0 Å². The van der Waals surface area contributed by atoms with Gasteiger partial charge in [0.1, 0.15) is 24.7 Å². The van der Waals surface area contributed by atoms with E-state index in [0.29, 0.717) is 19.7 Å². The molecule has 1 aliphatic heterocycles. The molecular formula is C21H33IN6O2. The topological polar surface area (TPSA) is 76.8 Å². The van der Waals surface area contributed by atoms with Crippen molar-refractivity contribution in [2.75, 3.05) is 33.4 Å². The maximum atomic E-state index is 5.95. The molecule has 0 aliphatic carbocycles. The lowest BCUT2D eigenvalue weighted by Crippen LogP contribution is -2.43. The van der Waals surface area contributed by atoms with Crippen molar-refractivity contribution in [3.05, 3.63) is 41.5 Å². The number of hydrogen-bond donors (Lipinski definition) is 1. The van der Waals surface area contributed by atoms with Crippen LogP contribution >= 0.6 is 24.0 Å². The van der Waals surface area contributed by atoms with Crippen molar-refractivity contribution < 1.29 is 9.47 Å². The summed E-state index contributed by atoms with van der Waals surface area (Å²) in [4.78, 5) is 6.85. The van der Waals surface area contributed by atoms with Gasteiger partial charge in [0.2, 0.25) is 0 Å². The summed E-state index contributed by atoms with van der Waals surface area (Å²) in [7, 11) is 3.98. The van der Waals surface area contributed by atoms with Crippen molar-refractivity contribution in [1.82, 2.24) is 25.0 Å². The van der Waals surface area contributed by atoms with Crippen LogP contribution in [-0.2, 0) is 18.3 Å². The number of aliphatic imine (C=N–C) groups is 1. The first kappa shape index (κ1) is 24.4. The van der Waals surface area contributed by atoms with Crippen LogP contribution in [0.25, 0.3) is 0 Å². The second kappa shape index (κ2) is 12.1. The molecule has 3 rings (SSSR count). The Bertz CT molecular complexity index is 820. The average molecular weight is 528 g/mol. The number of nitrogens with one attached hydrogen (secondary N) is 1. The fourth-order valence-electron chi connectivity index (χ4n) is 3.17. The monoisotopic (exact) mass is 528 g/mol. The Kier molecular flexibility index (Phi) is 9.83. The van der Waals surface area contributed by atoms with Gasteiger partial charge in [0.15, 0.2) is 11.8 Å². The molecule has 1 atom stereocenters. The fourth-order valence-corrected chi connectivity index (χ4v) is 3.17. The van der Waals surface area contributed by atoms with Gasteiger partial charge in [-0.05, 0) is 38.3 Å². The summed E-state index contributed by atoms with van der Waals surface area (Å²) in [6.07, 6.45) is 2.45. The highest BCUT2D eigenvalue weighted by Crippen LogP contribution is 2.16. The minimum atomic E-state index is 0. The second-order valence-corrected chi connectivity index (χ2v) is 7.41. The Balaban J connectivity index is 0.00000320. The summed E-state index contributed by atoms with van der Waals surface area (Å²) in [5.74, 6) is 3.45. The lowest BCUT2D eigenvalue weighted by molar-refractivity contribution is 0.113. The highest BCUT2D eigenvalue weighted by Gasteiger charge is 2.17. The van der Waals surface area contributed by atoms with E-state index < -0.39 is 0 Å². The van der Waals surface area contributed by atoms with E-state index in [-0.39, 0.29) is 30.1 Å². The van der Waals surface area contributed by atoms with Gasteiger partial charge >= 0.3 is 0 Å². The van der Waals surface area contributed by atoms with E-state index in [9.17, 15) is 0 Å². The van der Waals surface area contributed by atoms with Crippen LogP contribution in [0.2, 0.25) is 0 Å². The van der Waals surface area contributed by atoms with Gasteiger partial charge < -0.3 is 24.3 Å². The van der Waals surface area contributed by atoms with Crippen LogP contribution in [0.1, 0.15) is 30.1 Å². The van der Waals surface area contributed by atoms with Crippen LogP contribution in [0.15, 0.2) is 29.3 Å². The van der Waals surface area contributed by atoms with Gasteiger partial charge in [-0.3, -0.25) is 0 Å². The molecule has 166 valence electrons. The Morgan fingerprint density at radius 1 is 1.33 bits per heavy atom. The first-order chi connectivity index (χ1) is 14.0. The first-order valence-corrected chi connectivity index (χ1v) is 10.2. The molecule has 9 heteroatoms. The molecule has 0 radical (unpaired) electrons. The van der Waals surface area contributed by atoms with Gasteiger partial charge in [-0.1, -0.05) is 18.2 Å². The number of halogens is 1. The predicted octanol–water partition coefficient (Wildman–Crippen LogP) is 2.69. The number of ether oxygens (including phenoxy) is 2. The van der Waals surface area contributed by atoms with E-state index >= 15 is 0 Å². The molecule has 0 saturated carbocycles. The van der Waals surface area contributed by atoms with Crippen LogP contribution in [0.4, 0.5) is 0 Å². The minimum absolute atomic E-state index is 0. The van der Waals surface area contributed by atoms with Crippen LogP contribution in [-0.4, -0.2) is 65.1 Å². The van der Waals surface area contributed by atoms with Gasteiger partial charge in [0, 0.05) is 27.2 Å². The highest BCUT2D eigenvalue weighted by atomic mass is 127. The number of likely N-dealkylation sites (N-methyl/N-ethyl adjacent to an activating group) is 1. The number of nitrogens with zero attached hydrogens (tertiary/aromatic N) is 5. The standard InChI is InChI=1S/C21H32N6O2.HI/c1-16-8-5-6-10-19(16)29-13-11-26(3)21(22-14-18-9-7-12-28-18)23-15-20-25-24-17(2)27(20)4;/h5-6,8,10,18H,7,9,11-15H2,1-4H3,(H,22,23);1H. The van der Waals surface area contributed by atoms with Gasteiger partial charge in [-0.2, -0.15) is 0 Å². The van der Waals surface area contributed by atoms with Gasteiger partial charge in [0.05, 0.1) is 12.6 Å². The smallest absolute Gasteiger partial charge is 0.194 e. The van der Waals surface area contributed by atoms with Gasteiger partial charge in [-0.25, -0.2) is 4.99 Å². The largest absolute Gasteiger partial charge is 0.491 e. The van der Waals surface area contributed by atoms with E-state index in [1.807, 2.05) is 43.8 Å². The zero-order valence-electron chi connectivity index (χ0n) is 18.3.